The Morgan fingerprint density at radius 2 is 1.90 bits per heavy atom. The van der Waals surface area contributed by atoms with Crippen molar-refractivity contribution in [3.05, 3.63) is 11.8 Å². The zero-order chi connectivity index (χ0) is 8.20. The Kier molecular flexibility index (Phi) is 3.95. The Morgan fingerprint density at radius 3 is 2.20 bits per heavy atom. The van der Waals surface area contributed by atoms with Crippen LogP contribution >= 0.6 is 0 Å². The quantitative estimate of drug-likeness (QED) is 0.545. The molecule has 0 aliphatic heterocycles. The van der Waals surface area contributed by atoms with E-state index >= 15 is 0 Å². The Balaban J connectivity index is 3.75. The van der Waals surface area contributed by atoms with E-state index in [1.165, 1.54) is 24.1 Å². The zero-order valence-corrected chi connectivity index (χ0v) is 8.83. The molecule has 0 fully saturated rings. The Bertz CT molecular complexity index is 114. The summed E-state index contributed by atoms with van der Waals surface area (Å²) in [4.78, 5) is 0. The first-order valence-corrected chi connectivity index (χ1v) is 7.37. The SMILES string of the molecule is C=C(C)[Si](C)(C)CCCC. The molecule has 0 unspecified atom stereocenters. The van der Waals surface area contributed by atoms with Crippen LogP contribution in [0, 0.1) is 0 Å². The molecule has 0 spiro atoms. The maximum Gasteiger partial charge on any atom is 0.0743 e. The number of unbranched alkanes of at least 4 members (excludes halogenated alkanes) is 1. The molecule has 0 radical (unpaired) electrons. The average molecular weight is 156 g/mol. The van der Waals surface area contributed by atoms with Gasteiger partial charge < -0.3 is 0 Å². The van der Waals surface area contributed by atoms with E-state index < -0.39 is 8.07 Å². The monoisotopic (exact) mass is 156 g/mol. The summed E-state index contributed by atoms with van der Waals surface area (Å²) in [6.07, 6.45) is 2.70. The van der Waals surface area contributed by atoms with E-state index in [1.54, 1.807) is 0 Å². The van der Waals surface area contributed by atoms with Gasteiger partial charge >= 0.3 is 0 Å². The average Bonchev–Trinajstić information content (AvgIpc) is 1.84. The molecule has 60 valence electrons. The van der Waals surface area contributed by atoms with Gasteiger partial charge in [-0.05, 0) is 6.92 Å². The highest BCUT2D eigenvalue weighted by Crippen LogP contribution is 2.20. The molecule has 0 nitrogen and oxygen atoms in total. The van der Waals surface area contributed by atoms with Gasteiger partial charge in [-0.15, -0.1) is 6.58 Å². The van der Waals surface area contributed by atoms with Gasteiger partial charge in [0.2, 0.25) is 0 Å². The van der Waals surface area contributed by atoms with Gasteiger partial charge in [0.1, 0.15) is 0 Å². The molecular weight excluding hydrogens is 136 g/mol. The minimum atomic E-state index is -0.996. The fourth-order valence-electron chi connectivity index (χ4n) is 0.832. The van der Waals surface area contributed by atoms with E-state index in [-0.39, 0.29) is 0 Å². The first-order valence-electron chi connectivity index (χ1n) is 4.16. The molecule has 0 aromatic heterocycles. The van der Waals surface area contributed by atoms with Crippen LogP contribution in [0.4, 0.5) is 0 Å². The second-order valence-corrected chi connectivity index (χ2v) is 8.89. The van der Waals surface area contributed by atoms with E-state index in [0.29, 0.717) is 0 Å². The Morgan fingerprint density at radius 1 is 1.40 bits per heavy atom. The van der Waals surface area contributed by atoms with Crippen molar-refractivity contribution in [2.24, 2.45) is 0 Å². The van der Waals surface area contributed by atoms with E-state index in [9.17, 15) is 0 Å². The molecule has 0 aromatic rings. The molecule has 0 heterocycles. The van der Waals surface area contributed by atoms with Gasteiger partial charge in [0, 0.05) is 0 Å². The van der Waals surface area contributed by atoms with Gasteiger partial charge in [0.25, 0.3) is 0 Å². The van der Waals surface area contributed by atoms with Crippen molar-refractivity contribution >= 4 is 8.07 Å². The maximum atomic E-state index is 4.04. The van der Waals surface area contributed by atoms with Gasteiger partial charge in [0.15, 0.2) is 0 Å². The van der Waals surface area contributed by atoms with Crippen molar-refractivity contribution in [2.75, 3.05) is 0 Å². The van der Waals surface area contributed by atoms with Crippen LogP contribution in [-0.4, -0.2) is 8.07 Å². The van der Waals surface area contributed by atoms with Gasteiger partial charge in [-0.1, -0.05) is 44.1 Å². The van der Waals surface area contributed by atoms with Gasteiger partial charge in [-0.3, -0.25) is 0 Å². The van der Waals surface area contributed by atoms with Crippen LogP contribution in [0.5, 0.6) is 0 Å². The third kappa shape index (κ3) is 3.21. The summed E-state index contributed by atoms with van der Waals surface area (Å²) >= 11 is 0. The van der Waals surface area contributed by atoms with E-state index in [1.807, 2.05) is 0 Å². The lowest BCUT2D eigenvalue weighted by Gasteiger charge is -2.21. The highest BCUT2D eigenvalue weighted by Gasteiger charge is 2.19. The molecule has 0 bridgehead atoms. The van der Waals surface area contributed by atoms with Gasteiger partial charge in [0.05, 0.1) is 8.07 Å². The molecule has 0 saturated carbocycles. The summed E-state index contributed by atoms with van der Waals surface area (Å²) in [7, 11) is -0.996. The lowest BCUT2D eigenvalue weighted by atomic mass is 10.4. The van der Waals surface area contributed by atoms with Crippen molar-refractivity contribution in [2.45, 2.75) is 45.8 Å². The standard InChI is InChI=1S/C9H20Si/c1-6-7-8-10(4,5)9(2)3/h2,6-8H2,1,3-5H3. The molecule has 10 heavy (non-hydrogen) atoms. The molecule has 0 N–H and O–H groups in total. The fraction of sp³-hybridized carbons (Fsp3) is 0.778. The summed E-state index contributed by atoms with van der Waals surface area (Å²) in [5, 5.41) is 1.45. The summed E-state index contributed by atoms with van der Waals surface area (Å²) in [6, 6.07) is 1.42. The van der Waals surface area contributed by atoms with Crippen molar-refractivity contribution in [1.82, 2.24) is 0 Å². The normalized spacial score (nSPS) is 11.6. The number of hydrogen-bond donors (Lipinski definition) is 0. The largest absolute Gasteiger partial charge is 0.104 e. The smallest absolute Gasteiger partial charge is 0.0743 e. The third-order valence-electron chi connectivity index (χ3n) is 2.31. The van der Waals surface area contributed by atoms with Crippen LogP contribution in [0.25, 0.3) is 0 Å². The third-order valence-corrected chi connectivity index (χ3v) is 6.22. The minimum Gasteiger partial charge on any atom is -0.104 e. The summed E-state index contributed by atoms with van der Waals surface area (Å²) in [5.41, 5.74) is 0. The highest BCUT2D eigenvalue weighted by molar-refractivity contribution is 6.84. The molecule has 0 saturated heterocycles. The first-order chi connectivity index (χ1) is 4.50. The molecular formula is C9H20Si. The van der Waals surface area contributed by atoms with Crippen molar-refractivity contribution in [3.8, 4) is 0 Å². The van der Waals surface area contributed by atoms with Crippen LogP contribution in [0.3, 0.4) is 0 Å². The van der Waals surface area contributed by atoms with Crippen LogP contribution in [0.15, 0.2) is 11.8 Å². The maximum absolute atomic E-state index is 4.04. The predicted octanol–water partition coefficient (Wildman–Crippen LogP) is 3.61. The minimum absolute atomic E-state index is 0.996. The Hall–Kier alpha value is -0.0431. The highest BCUT2D eigenvalue weighted by atomic mass is 28.3. The predicted molar refractivity (Wildman–Crippen MR) is 52.0 cm³/mol. The van der Waals surface area contributed by atoms with Crippen LogP contribution in [-0.2, 0) is 0 Å². The van der Waals surface area contributed by atoms with E-state index in [2.05, 4.69) is 33.5 Å². The molecule has 0 aliphatic rings. The van der Waals surface area contributed by atoms with Gasteiger partial charge in [-0.25, -0.2) is 0 Å². The molecule has 0 aliphatic carbocycles. The topological polar surface area (TPSA) is 0 Å². The second-order valence-electron chi connectivity index (χ2n) is 3.77. The van der Waals surface area contributed by atoms with Crippen molar-refractivity contribution in [1.29, 1.82) is 0 Å². The van der Waals surface area contributed by atoms with Crippen LogP contribution < -0.4 is 0 Å². The van der Waals surface area contributed by atoms with Gasteiger partial charge in [-0.2, -0.15) is 0 Å². The van der Waals surface area contributed by atoms with E-state index in [4.69, 9.17) is 0 Å². The number of allylic oxidation sites excluding steroid dienone is 1. The molecule has 0 aromatic carbocycles. The molecule has 0 amide bonds. The van der Waals surface area contributed by atoms with Crippen molar-refractivity contribution < 1.29 is 0 Å². The molecule has 0 rings (SSSR count). The molecule has 1 heteroatoms. The summed E-state index contributed by atoms with van der Waals surface area (Å²) < 4.78 is 0. The summed E-state index contributed by atoms with van der Waals surface area (Å²) in [5.74, 6) is 0. The zero-order valence-electron chi connectivity index (χ0n) is 7.83. The lowest BCUT2D eigenvalue weighted by molar-refractivity contribution is 0.868. The van der Waals surface area contributed by atoms with Crippen LogP contribution in [0.2, 0.25) is 19.1 Å². The Labute approximate surface area is 66.4 Å². The number of rotatable bonds is 4. The summed E-state index contributed by atoms with van der Waals surface area (Å²) in [6.45, 7) is 13.3. The molecule has 0 atom stereocenters. The first kappa shape index (κ1) is 9.96. The number of hydrogen-bond acceptors (Lipinski definition) is 0. The van der Waals surface area contributed by atoms with Crippen molar-refractivity contribution in [3.63, 3.8) is 0 Å². The lowest BCUT2D eigenvalue weighted by Crippen LogP contribution is -2.26. The van der Waals surface area contributed by atoms with Crippen LogP contribution in [0.1, 0.15) is 26.7 Å². The fourth-order valence-corrected chi connectivity index (χ4v) is 2.50. The van der Waals surface area contributed by atoms with E-state index in [0.717, 1.165) is 0 Å². The second kappa shape index (κ2) is 3.97.